The zero-order valence-electron chi connectivity index (χ0n) is 11.3. The summed E-state index contributed by atoms with van der Waals surface area (Å²) in [5, 5.41) is 0.750. The van der Waals surface area contributed by atoms with Crippen LogP contribution in [0.3, 0.4) is 0 Å². The predicted molar refractivity (Wildman–Crippen MR) is 86.8 cm³/mol. The number of rotatable bonds is 2. The molecule has 0 radical (unpaired) electrons. The second-order valence-corrected chi connectivity index (χ2v) is 5.90. The fraction of sp³-hybridized carbons (Fsp3) is 0.294. The van der Waals surface area contributed by atoms with Crippen LogP contribution < -0.4 is 4.90 Å². The first-order chi connectivity index (χ1) is 9.78. The van der Waals surface area contributed by atoms with E-state index in [9.17, 15) is 0 Å². The molecular formula is C17H17Cl2N. The smallest absolute Gasteiger partial charge is 0.0495 e. The fourth-order valence-corrected chi connectivity index (χ4v) is 3.28. The second-order valence-electron chi connectivity index (χ2n) is 5.20. The van der Waals surface area contributed by atoms with Crippen LogP contribution in [0, 0.1) is 0 Å². The molecule has 1 nitrogen and oxygen atoms in total. The van der Waals surface area contributed by atoms with Crippen LogP contribution in [0.1, 0.15) is 23.1 Å². The Kier molecular flexibility index (Phi) is 4.18. The topological polar surface area (TPSA) is 3.24 Å². The molecule has 3 heteroatoms. The standard InChI is InChI=1S/C17H17Cl2N/c18-11-15-10-16(19)7-8-17(15)20-9-3-6-13-4-1-2-5-14(13)12-20/h1-2,4-5,7-8,10H,3,6,9,11-12H2. The Labute approximate surface area is 130 Å². The van der Waals surface area contributed by atoms with E-state index in [4.69, 9.17) is 23.2 Å². The highest BCUT2D eigenvalue weighted by molar-refractivity contribution is 6.30. The summed E-state index contributed by atoms with van der Waals surface area (Å²) in [5.41, 5.74) is 5.21. The summed E-state index contributed by atoms with van der Waals surface area (Å²) in [7, 11) is 0. The van der Waals surface area contributed by atoms with Gasteiger partial charge in [0.25, 0.3) is 0 Å². The molecule has 0 N–H and O–H groups in total. The molecule has 0 saturated carbocycles. The maximum atomic E-state index is 6.08. The van der Waals surface area contributed by atoms with Crippen molar-refractivity contribution in [2.45, 2.75) is 25.3 Å². The summed E-state index contributed by atoms with van der Waals surface area (Å²) in [4.78, 5) is 2.42. The number of benzene rings is 2. The van der Waals surface area contributed by atoms with E-state index in [2.05, 4.69) is 35.2 Å². The van der Waals surface area contributed by atoms with Gasteiger partial charge in [-0.2, -0.15) is 0 Å². The highest BCUT2D eigenvalue weighted by Crippen LogP contribution is 2.29. The van der Waals surface area contributed by atoms with Crippen molar-refractivity contribution in [2.75, 3.05) is 11.4 Å². The van der Waals surface area contributed by atoms with Crippen molar-refractivity contribution in [1.82, 2.24) is 0 Å². The van der Waals surface area contributed by atoms with Gasteiger partial charge < -0.3 is 4.90 Å². The molecule has 0 fully saturated rings. The summed E-state index contributed by atoms with van der Waals surface area (Å²) in [6, 6.07) is 14.7. The minimum atomic E-state index is 0.494. The molecule has 0 aromatic heterocycles. The number of aryl methyl sites for hydroxylation is 1. The predicted octanol–water partition coefficient (Wildman–Crippen LogP) is 5.03. The maximum Gasteiger partial charge on any atom is 0.0495 e. The second kappa shape index (κ2) is 6.07. The van der Waals surface area contributed by atoms with E-state index in [-0.39, 0.29) is 0 Å². The van der Waals surface area contributed by atoms with Gasteiger partial charge in [-0.15, -0.1) is 11.6 Å². The van der Waals surface area contributed by atoms with Gasteiger partial charge in [-0.3, -0.25) is 0 Å². The third kappa shape index (κ3) is 2.79. The van der Waals surface area contributed by atoms with Gasteiger partial charge in [0.2, 0.25) is 0 Å². The summed E-state index contributed by atoms with van der Waals surface area (Å²) in [5.74, 6) is 0.494. The summed E-state index contributed by atoms with van der Waals surface area (Å²) < 4.78 is 0. The van der Waals surface area contributed by atoms with Crippen molar-refractivity contribution in [3.05, 3.63) is 64.2 Å². The van der Waals surface area contributed by atoms with Crippen LogP contribution in [0.2, 0.25) is 5.02 Å². The lowest BCUT2D eigenvalue weighted by Gasteiger charge is -2.25. The first kappa shape index (κ1) is 13.8. The van der Waals surface area contributed by atoms with Gasteiger partial charge in [0.15, 0.2) is 0 Å². The molecule has 0 aliphatic carbocycles. The van der Waals surface area contributed by atoms with Gasteiger partial charge in [0, 0.05) is 29.7 Å². The number of nitrogens with zero attached hydrogens (tertiary/aromatic N) is 1. The largest absolute Gasteiger partial charge is 0.367 e. The molecule has 0 atom stereocenters. The van der Waals surface area contributed by atoms with Crippen molar-refractivity contribution in [3.63, 3.8) is 0 Å². The van der Waals surface area contributed by atoms with Crippen molar-refractivity contribution in [2.24, 2.45) is 0 Å². The van der Waals surface area contributed by atoms with Crippen molar-refractivity contribution >= 4 is 28.9 Å². The molecule has 3 rings (SSSR count). The average Bonchev–Trinajstić information content (AvgIpc) is 2.69. The zero-order valence-corrected chi connectivity index (χ0v) is 12.8. The highest BCUT2D eigenvalue weighted by Gasteiger charge is 2.16. The molecule has 104 valence electrons. The molecule has 1 aliphatic rings. The maximum absolute atomic E-state index is 6.08. The van der Waals surface area contributed by atoms with Gasteiger partial charge >= 0.3 is 0 Å². The van der Waals surface area contributed by atoms with Crippen LogP contribution in [-0.4, -0.2) is 6.54 Å². The lowest BCUT2D eigenvalue weighted by atomic mass is 10.0. The number of hydrogen-bond acceptors (Lipinski definition) is 1. The molecule has 0 amide bonds. The Bertz CT molecular complexity index is 610. The first-order valence-corrected chi connectivity index (χ1v) is 7.85. The minimum Gasteiger partial charge on any atom is -0.367 e. The van der Waals surface area contributed by atoms with E-state index < -0.39 is 0 Å². The van der Waals surface area contributed by atoms with Gasteiger partial charge in [-0.05, 0) is 47.7 Å². The molecule has 20 heavy (non-hydrogen) atoms. The molecule has 2 aromatic carbocycles. The van der Waals surface area contributed by atoms with Crippen LogP contribution in [0.25, 0.3) is 0 Å². The third-order valence-electron chi connectivity index (χ3n) is 3.88. The van der Waals surface area contributed by atoms with Crippen LogP contribution in [0.5, 0.6) is 0 Å². The van der Waals surface area contributed by atoms with E-state index >= 15 is 0 Å². The van der Waals surface area contributed by atoms with Crippen LogP contribution in [0.15, 0.2) is 42.5 Å². The molecule has 0 bridgehead atoms. The normalized spacial score (nSPS) is 14.8. The first-order valence-electron chi connectivity index (χ1n) is 6.94. The zero-order chi connectivity index (χ0) is 13.9. The quantitative estimate of drug-likeness (QED) is 0.703. The molecule has 0 spiro atoms. The SMILES string of the molecule is ClCc1cc(Cl)ccc1N1CCCc2ccccc2C1. The highest BCUT2D eigenvalue weighted by atomic mass is 35.5. The minimum absolute atomic E-state index is 0.494. The van der Waals surface area contributed by atoms with Gasteiger partial charge in [0.1, 0.15) is 0 Å². The monoisotopic (exact) mass is 305 g/mol. The molecular weight excluding hydrogens is 289 g/mol. The van der Waals surface area contributed by atoms with Gasteiger partial charge in [0.05, 0.1) is 0 Å². The van der Waals surface area contributed by atoms with Gasteiger partial charge in [-0.1, -0.05) is 35.9 Å². The van der Waals surface area contributed by atoms with E-state index in [0.717, 1.165) is 30.1 Å². The van der Waals surface area contributed by atoms with Crippen LogP contribution >= 0.6 is 23.2 Å². The lowest BCUT2D eigenvalue weighted by molar-refractivity contribution is 0.763. The molecule has 0 unspecified atom stereocenters. The van der Waals surface area contributed by atoms with E-state index in [0.29, 0.717) is 5.88 Å². The number of halogens is 2. The molecule has 1 aliphatic heterocycles. The fourth-order valence-electron chi connectivity index (χ4n) is 2.88. The molecule has 1 heterocycles. The summed E-state index contributed by atoms with van der Waals surface area (Å²) in [6.45, 7) is 2.00. The number of fused-ring (bicyclic) bond motifs is 1. The van der Waals surface area contributed by atoms with Crippen LogP contribution in [0.4, 0.5) is 5.69 Å². The Morgan fingerprint density at radius 1 is 1.05 bits per heavy atom. The Morgan fingerprint density at radius 3 is 2.65 bits per heavy atom. The van der Waals surface area contributed by atoms with E-state index in [1.807, 2.05) is 12.1 Å². The number of anilines is 1. The Morgan fingerprint density at radius 2 is 1.85 bits per heavy atom. The number of hydrogen-bond donors (Lipinski definition) is 0. The lowest BCUT2D eigenvalue weighted by Crippen LogP contribution is -2.23. The Balaban J connectivity index is 1.95. The van der Waals surface area contributed by atoms with Crippen molar-refractivity contribution in [3.8, 4) is 0 Å². The van der Waals surface area contributed by atoms with E-state index in [1.165, 1.54) is 23.2 Å². The van der Waals surface area contributed by atoms with Crippen molar-refractivity contribution < 1.29 is 0 Å². The molecule has 0 saturated heterocycles. The Hall–Kier alpha value is -1.18. The average molecular weight is 306 g/mol. The summed E-state index contributed by atoms with van der Waals surface area (Å²) in [6.07, 6.45) is 2.32. The molecule has 2 aromatic rings. The van der Waals surface area contributed by atoms with Crippen LogP contribution in [-0.2, 0) is 18.8 Å². The summed E-state index contributed by atoms with van der Waals surface area (Å²) >= 11 is 12.1. The number of alkyl halides is 1. The van der Waals surface area contributed by atoms with Crippen molar-refractivity contribution in [1.29, 1.82) is 0 Å². The van der Waals surface area contributed by atoms with Gasteiger partial charge in [-0.25, -0.2) is 0 Å². The van der Waals surface area contributed by atoms with E-state index in [1.54, 1.807) is 0 Å². The third-order valence-corrected chi connectivity index (χ3v) is 4.40.